The molecule has 96 valence electrons. The van der Waals surface area contributed by atoms with E-state index in [1.807, 2.05) is 6.07 Å². The van der Waals surface area contributed by atoms with E-state index in [1.165, 1.54) is 0 Å². The first-order chi connectivity index (χ1) is 9.02. The quantitative estimate of drug-likeness (QED) is 0.779. The third kappa shape index (κ3) is 2.37. The third-order valence-electron chi connectivity index (χ3n) is 2.52. The lowest BCUT2D eigenvalue weighted by Crippen LogP contribution is -2.07. The summed E-state index contributed by atoms with van der Waals surface area (Å²) < 4.78 is 0. The molecule has 2 aromatic rings. The van der Waals surface area contributed by atoms with E-state index < -0.39 is 23.3 Å². The molecular formula is C13H10N2O4. The second kappa shape index (κ2) is 4.77. The Kier molecular flexibility index (Phi) is 3.15. The first-order valence-electron chi connectivity index (χ1n) is 5.32. The summed E-state index contributed by atoms with van der Waals surface area (Å²) in [6, 6.07) is 6.98. The van der Waals surface area contributed by atoms with Crippen LogP contribution in [-0.2, 0) is 0 Å². The van der Waals surface area contributed by atoms with Crippen LogP contribution in [0.3, 0.4) is 0 Å². The van der Waals surface area contributed by atoms with E-state index in [4.69, 9.17) is 10.2 Å². The highest BCUT2D eigenvalue weighted by Crippen LogP contribution is 2.20. The van der Waals surface area contributed by atoms with Crippen molar-refractivity contribution in [2.45, 2.75) is 0 Å². The highest BCUT2D eigenvalue weighted by atomic mass is 16.4. The monoisotopic (exact) mass is 258 g/mol. The molecule has 0 amide bonds. The number of aromatic carboxylic acids is 2. The number of carboxylic acid groups (broad SMARTS) is 2. The first kappa shape index (κ1) is 12.6. The fraction of sp³-hybridized carbons (Fsp3) is 0. The van der Waals surface area contributed by atoms with E-state index in [9.17, 15) is 9.59 Å². The van der Waals surface area contributed by atoms with Gasteiger partial charge in [0.2, 0.25) is 0 Å². The number of hydrogen-bond donors (Lipinski definition) is 3. The molecule has 0 saturated heterocycles. The lowest BCUT2D eigenvalue weighted by molar-refractivity contribution is 0.0644. The number of hydrogen-bond acceptors (Lipinski definition) is 3. The lowest BCUT2D eigenvalue weighted by atomic mass is 10.1. The van der Waals surface area contributed by atoms with Gasteiger partial charge in [-0.1, -0.05) is 30.9 Å². The van der Waals surface area contributed by atoms with Crippen LogP contribution in [-0.4, -0.2) is 32.1 Å². The van der Waals surface area contributed by atoms with Crippen molar-refractivity contribution in [1.29, 1.82) is 0 Å². The van der Waals surface area contributed by atoms with Gasteiger partial charge < -0.3 is 15.2 Å². The average molecular weight is 258 g/mol. The smallest absolute Gasteiger partial charge is 0.357 e. The molecule has 2 rings (SSSR count). The average Bonchev–Trinajstić information content (AvgIpc) is 2.84. The molecule has 19 heavy (non-hydrogen) atoms. The van der Waals surface area contributed by atoms with Crippen LogP contribution in [0, 0.1) is 0 Å². The van der Waals surface area contributed by atoms with Crippen molar-refractivity contribution in [3.05, 3.63) is 47.8 Å². The Hall–Kier alpha value is -2.89. The lowest BCUT2D eigenvalue weighted by Gasteiger charge is -1.98. The number of aromatic amines is 1. The Morgan fingerprint density at radius 3 is 2.53 bits per heavy atom. The topological polar surface area (TPSA) is 103 Å². The number of rotatable bonds is 4. The van der Waals surface area contributed by atoms with Crippen LogP contribution in [0.2, 0.25) is 0 Å². The number of nitrogens with zero attached hydrogens (tertiary/aromatic N) is 1. The zero-order valence-electron chi connectivity index (χ0n) is 9.75. The number of aromatic nitrogens is 2. The molecule has 0 spiro atoms. The van der Waals surface area contributed by atoms with Crippen LogP contribution in [0.4, 0.5) is 0 Å². The number of imidazole rings is 1. The Bertz CT molecular complexity index is 642. The standard InChI is InChI=1S/C13H10N2O4/c1-2-7-4-3-5-8(6-7)11-14-9(12(16)17)10(15-11)13(18)19/h2-6H,1H2,(H,14,15)(H,16,17)(H,18,19). The van der Waals surface area contributed by atoms with Crippen molar-refractivity contribution in [3.63, 3.8) is 0 Å². The van der Waals surface area contributed by atoms with Gasteiger partial charge in [0, 0.05) is 5.56 Å². The first-order valence-corrected chi connectivity index (χ1v) is 5.32. The Morgan fingerprint density at radius 1 is 1.26 bits per heavy atom. The fourth-order valence-electron chi connectivity index (χ4n) is 1.63. The molecule has 0 bridgehead atoms. The second-order valence-electron chi connectivity index (χ2n) is 3.75. The van der Waals surface area contributed by atoms with Gasteiger partial charge in [0.05, 0.1) is 0 Å². The summed E-state index contributed by atoms with van der Waals surface area (Å²) in [5.74, 6) is -2.56. The SMILES string of the molecule is C=Cc1cccc(-c2nc(C(=O)O)c(C(=O)O)[nH]2)c1. The molecule has 3 N–H and O–H groups in total. The van der Waals surface area contributed by atoms with Gasteiger partial charge in [-0.2, -0.15) is 0 Å². The van der Waals surface area contributed by atoms with Crippen molar-refractivity contribution < 1.29 is 19.8 Å². The van der Waals surface area contributed by atoms with E-state index in [0.717, 1.165) is 5.56 Å². The van der Waals surface area contributed by atoms with Gasteiger partial charge in [-0.3, -0.25) is 0 Å². The van der Waals surface area contributed by atoms with Gasteiger partial charge in [-0.15, -0.1) is 0 Å². The zero-order chi connectivity index (χ0) is 14.0. The van der Waals surface area contributed by atoms with Crippen LogP contribution < -0.4 is 0 Å². The minimum atomic E-state index is -1.39. The highest BCUT2D eigenvalue weighted by Gasteiger charge is 2.22. The van der Waals surface area contributed by atoms with Crippen LogP contribution >= 0.6 is 0 Å². The van der Waals surface area contributed by atoms with Crippen molar-refractivity contribution in [1.82, 2.24) is 9.97 Å². The molecule has 0 aliphatic carbocycles. The molecule has 0 aliphatic heterocycles. The largest absolute Gasteiger partial charge is 0.477 e. The predicted molar refractivity (Wildman–Crippen MR) is 68.0 cm³/mol. The summed E-state index contributed by atoms with van der Waals surface area (Å²) in [6.07, 6.45) is 1.63. The van der Waals surface area contributed by atoms with Gasteiger partial charge >= 0.3 is 11.9 Å². The summed E-state index contributed by atoms with van der Waals surface area (Å²) in [5, 5.41) is 17.8. The van der Waals surface area contributed by atoms with Gasteiger partial charge in [-0.25, -0.2) is 14.6 Å². The number of carboxylic acids is 2. The molecule has 1 aromatic heterocycles. The van der Waals surface area contributed by atoms with E-state index >= 15 is 0 Å². The molecule has 6 heteroatoms. The Labute approximate surface area is 108 Å². The molecule has 1 aromatic carbocycles. The molecule has 0 saturated carbocycles. The zero-order valence-corrected chi connectivity index (χ0v) is 9.75. The van der Waals surface area contributed by atoms with E-state index in [1.54, 1.807) is 24.3 Å². The third-order valence-corrected chi connectivity index (χ3v) is 2.52. The van der Waals surface area contributed by atoms with Gasteiger partial charge in [0.15, 0.2) is 11.4 Å². The number of carbonyl (C=O) groups is 2. The van der Waals surface area contributed by atoms with E-state index in [0.29, 0.717) is 5.56 Å². The van der Waals surface area contributed by atoms with Crippen molar-refractivity contribution >= 4 is 18.0 Å². The van der Waals surface area contributed by atoms with Crippen LogP contribution in [0.5, 0.6) is 0 Å². The van der Waals surface area contributed by atoms with Crippen molar-refractivity contribution in [2.24, 2.45) is 0 Å². The summed E-state index contributed by atoms with van der Waals surface area (Å²) >= 11 is 0. The Balaban J connectivity index is 2.56. The van der Waals surface area contributed by atoms with Crippen LogP contribution in [0.25, 0.3) is 17.5 Å². The molecule has 0 fully saturated rings. The summed E-state index contributed by atoms with van der Waals surface area (Å²) in [5.41, 5.74) is 0.466. The van der Waals surface area contributed by atoms with E-state index in [2.05, 4.69) is 16.5 Å². The van der Waals surface area contributed by atoms with Gasteiger partial charge in [-0.05, 0) is 11.6 Å². The molecule has 1 heterocycles. The molecule has 0 aliphatic rings. The van der Waals surface area contributed by atoms with Crippen LogP contribution in [0.15, 0.2) is 30.8 Å². The maximum absolute atomic E-state index is 10.9. The fourth-order valence-corrected chi connectivity index (χ4v) is 1.63. The number of nitrogens with one attached hydrogen (secondary N) is 1. The minimum absolute atomic E-state index is 0.193. The second-order valence-corrected chi connectivity index (χ2v) is 3.75. The van der Waals surface area contributed by atoms with Crippen LogP contribution in [0.1, 0.15) is 26.5 Å². The molecule has 0 unspecified atom stereocenters. The van der Waals surface area contributed by atoms with E-state index in [-0.39, 0.29) is 5.82 Å². The highest BCUT2D eigenvalue weighted by molar-refractivity contribution is 5.99. The predicted octanol–water partition coefficient (Wildman–Crippen LogP) is 2.12. The molecular weight excluding hydrogens is 248 g/mol. The maximum atomic E-state index is 10.9. The summed E-state index contributed by atoms with van der Waals surface area (Å²) in [6.45, 7) is 3.63. The molecule has 0 atom stereocenters. The molecule has 6 nitrogen and oxygen atoms in total. The molecule has 0 radical (unpaired) electrons. The summed E-state index contributed by atoms with van der Waals surface area (Å²) in [4.78, 5) is 28.2. The number of benzene rings is 1. The Morgan fingerprint density at radius 2 is 2.00 bits per heavy atom. The summed E-state index contributed by atoms with van der Waals surface area (Å²) in [7, 11) is 0. The van der Waals surface area contributed by atoms with Gasteiger partial charge in [0.25, 0.3) is 0 Å². The number of H-pyrrole nitrogens is 1. The maximum Gasteiger partial charge on any atom is 0.357 e. The van der Waals surface area contributed by atoms with Gasteiger partial charge in [0.1, 0.15) is 5.82 Å². The van der Waals surface area contributed by atoms with Crippen molar-refractivity contribution in [3.8, 4) is 11.4 Å². The minimum Gasteiger partial charge on any atom is -0.477 e. The normalized spacial score (nSPS) is 10.1. The van der Waals surface area contributed by atoms with Crippen molar-refractivity contribution in [2.75, 3.05) is 0 Å².